The number of nitrogens with zero attached hydrogens (tertiary/aromatic N) is 1. The van der Waals surface area contributed by atoms with E-state index in [9.17, 15) is 14.3 Å². The van der Waals surface area contributed by atoms with E-state index in [0.717, 1.165) is 20.2 Å². The van der Waals surface area contributed by atoms with Gasteiger partial charge in [-0.25, -0.2) is 14.2 Å². The number of fused-ring (bicyclic) bond motifs is 1. The van der Waals surface area contributed by atoms with Gasteiger partial charge in [0.1, 0.15) is 11.4 Å². The predicted octanol–water partition coefficient (Wildman–Crippen LogP) is 4.80. The van der Waals surface area contributed by atoms with E-state index in [1.54, 1.807) is 31.3 Å². The van der Waals surface area contributed by atoms with Crippen LogP contribution in [0.25, 0.3) is 22.1 Å². The Balaban J connectivity index is 1.67. The standard InChI is InChI=1S/C22H18FNO4S2/c1-22(27,8-9-25)19-12-24-21(30-19)29-15-6-7-16-17(11-20(26)28-18(16)10-15)13-2-4-14(23)5-3-13/h2-7,10-12,25,27H,8-9H2,1H3/t22-/m0/s1. The molecule has 0 unspecified atom stereocenters. The average Bonchev–Trinajstić information content (AvgIpc) is 3.17. The highest BCUT2D eigenvalue weighted by molar-refractivity contribution is 8.01. The molecule has 0 spiro atoms. The van der Waals surface area contributed by atoms with E-state index in [1.165, 1.54) is 41.3 Å². The van der Waals surface area contributed by atoms with Gasteiger partial charge < -0.3 is 14.6 Å². The zero-order chi connectivity index (χ0) is 21.3. The number of rotatable bonds is 6. The monoisotopic (exact) mass is 443 g/mol. The van der Waals surface area contributed by atoms with Crippen molar-refractivity contribution in [2.45, 2.75) is 28.2 Å². The SMILES string of the molecule is C[C@](O)(CCO)c1cnc(Sc2ccc3c(-c4ccc(F)cc4)cc(=O)oc3c2)s1. The van der Waals surface area contributed by atoms with Gasteiger partial charge in [-0.15, -0.1) is 11.3 Å². The largest absolute Gasteiger partial charge is 0.423 e. The molecule has 0 aliphatic heterocycles. The van der Waals surface area contributed by atoms with Crippen LogP contribution in [0.15, 0.2) is 73.2 Å². The molecule has 1 atom stereocenters. The van der Waals surface area contributed by atoms with Crippen molar-refractivity contribution in [2.75, 3.05) is 6.61 Å². The number of aromatic nitrogens is 1. The van der Waals surface area contributed by atoms with Crippen LogP contribution in [0.1, 0.15) is 18.2 Å². The van der Waals surface area contributed by atoms with Gasteiger partial charge in [0.05, 0.1) is 10.5 Å². The lowest BCUT2D eigenvalue weighted by atomic mass is 10.0. The maximum atomic E-state index is 13.3. The Morgan fingerprint density at radius 3 is 2.70 bits per heavy atom. The van der Waals surface area contributed by atoms with Crippen molar-refractivity contribution in [1.29, 1.82) is 0 Å². The third-order valence-corrected chi connectivity index (χ3v) is 7.01. The van der Waals surface area contributed by atoms with Crippen molar-refractivity contribution >= 4 is 34.1 Å². The molecular weight excluding hydrogens is 425 g/mol. The first-order valence-corrected chi connectivity index (χ1v) is 10.8. The molecule has 0 fully saturated rings. The number of halogens is 1. The zero-order valence-electron chi connectivity index (χ0n) is 16.0. The van der Waals surface area contributed by atoms with Gasteiger partial charge in [-0.05, 0) is 48.4 Å². The summed E-state index contributed by atoms with van der Waals surface area (Å²) in [6.45, 7) is 1.53. The van der Waals surface area contributed by atoms with Crippen LogP contribution < -0.4 is 5.63 Å². The van der Waals surface area contributed by atoms with Crippen molar-refractivity contribution in [1.82, 2.24) is 4.98 Å². The van der Waals surface area contributed by atoms with Gasteiger partial charge in [0.25, 0.3) is 0 Å². The first kappa shape index (κ1) is 20.7. The Labute approximate surface area is 179 Å². The van der Waals surface area contributed by atoms with E-state index in [0.29, 0.717) is 16.0 Å². The number of benzene rings is 2. The van der Waals surface area contributed by atoms with Crippen LogP contribution in [0.3, 0.4) is 0 Å². The lowest BCUT2D eigenvalue weighted by Crippen LogP contribution is -2.20. The van der Waals surface area contributed by atoms with Crippen LogP contribution in [0.4, 0.5) is 4.39 Å². The van der Waals surface area contributed by atoms with Crippen molar-refractivity contribution in [3.63, 3.8) is 0 Å². The van der Waals surface area contributed by atoms with Gasteiger partial charge in [0.2, 0.25) is 0 Å². The normalized spacial score (nSPS) is 13.5. The summed E-state index contributed by atoms with van der Waals surface area (Å²) < 4.78 is 19.4. The minimum atomic E-state index is -1.13. The zero-order valence-corrected chi connectivity index (χ0v) is 17.6. The lowest BCUT2D eigenvalue weighted by molar-refractivity contribution is 0.0331. The molecule has 0 saturated heterocycles. The number of thiazole rings is 1. The second kappa shape index (κ2) is 8.31. The van der Waals surface area contributed by atoms with E-state index >= 15 is 0 Å². The van der Waals surface area contributed by atoms with E-state index in [4.69, 9.17) is 9.52 Å². The van der Waals surface area contributed by atoms with Gasteiger partial charge in [0.15, 0.2) is 4.34 Å². The molecule has 30 heavy (non-hydrogen) atoms. The summed E-state index contributed by atoms with van der Waals surface area (Å²) in [6.07, 6.45) is 1.84. The number of aliphatic hydroxyl groups excluding tert-OH is 1. The van der Waals surface area contributed by atoms with Crippen LogP contribution in [0, 0.1) is 5.82 Å². The Bertz CT molecular complexity index is 1250. The van der Waals surface area contributed by atoms with Crippen LogP contribution >= 0.6 is 23.1 Å². The highest BCUT2D eigenvalue weighted by Crippen LogP contribution is 2.38. The molecule has 2 heterocycles. The summed E-state index contributed by atoms with van der Waals surface area (Å²) in [5.41, 5.74) is 0.210. The van der Waals surface area contributed by atoms with E-state index in [2.05, 4.69) is 4.98 Å². The molecule has 0 saturated carbocycles. The van der Waals surface area contributed by atoms with Gasteiger partial charge in [-0.2, -0.15) is 0 Å². The molecule has 5 nitrogen and oxygen atoms in total. The second-order valence-electron chi connectivity index (χ2n) is 6.98. The molecule has 154 valence electrons. The number of hydrogen-bond donors (Lipinski definition) is 2. The molecule has 4 aromatic rings. The molecule has 2 aromatic carbocycles. The Morgan fingerprint density at radius 2 is 1.97 bits per heavy atom. The second-order valence-corrected chi connectivity index (χ2v) is 9.34. The molecule has 0 amide bonds. The summed E-state index contributed by atoms with van der Waals surface area (Å²) in [6, 6.07) is 12.9. The highest BCUT2D eigenvalue weighted by Gasteiger charge is 2.25. The van der Waals surface area contributed by atoms with Crippen molar-refractivity contribution in [3.05, 3.63) is 75.8 Å². The fourth-order valence-electron chi connectivity index (χ4n) is 3.07. The predicted molar refractivity (Wildman–Crippen MR) is 115 cm³/mol. The maximum Gasteiger partial charge on any atom is 0.336 e. The van der Waals surface area contributed by atoms with Crippen LogP contribution in [0.2, 0.25) is 0 Å². The number of aliphatic hydroxyl groups is 2. The first-order valence-electron chi connectivity index (χ1n) is 9.17. The summed E-state index contributed by atoms with van der Waals surface area (Å²) in [7, 11) is 0. The molecular formula is C22H18FNO4S2. The van der Waals surface area contributed by atoms with Crippen molar-refractivity contribution in [3.8, 4) is 11.1 Å². The minimum absolute atomic E-state index is 0.118. The molecule has 4 rings (SSSR count). The molecule has 2 aromatic heterocycles. The summed E-state index contributed by atoms with van der Waals surface area (Å²) >= 11 is 2.74. The Hall–Kier alpha value is -2.52. The van der Waals surface area contributed by atoms with Crippen LogP contribution in [0.5, 0.6) is 0 Å². The van der Waals surface area contributed by atoms with Gasteiger partial charge in [-0.3, -0.25) is 0 Å². The average molecular weight is 444 g/mol. The van der Waals surface area contributed by atoms with Crippen molar-refractivity contribution in [2.24, 2.45) is 0 Å². The fourth-order valence-corrected chi connectivity index (χ4v) is 5.13. The molecule has 0 aliphatic rings. The Morgan fingerprint density at radius 1 is 1.20 bits per heavy atom. The smallest absolute Gasteiger partial charge is 0.336 e. The minimum Gasteiger partial charge on any atom is -0.423 e. The molecule has 8 heteroatoms. The van der Waals surface area contributed by atoms with Gasteiger partial charge in [0, 0.05) is 35.6 Å². The number of hydrogen-bond acceptors (Lipinski definition) is 7. The van der Waals surface area contributed by atoms with E-state index in [-0.39, 0.29) is 18.8 Å². The Kier molecular flexibility index (Phi) is 5.75. The third kappa shape index (κ3) is 4.32. The van der Waals surface area contributed by atoms with E-state index in [1.807, 2.05) is 12.1 Å². The molecule has 0 radical (unpaired) electrons. The lowest BCUT2D eigenvalue weighted by Gasteiger charge is -2.19. The van der Waals surface area contributed by atoms with Crippen molar-refractivity contribution < 1.29 is 19.0 Å². The fraction of sp³-hybridized carbons (Fsp3) is 0.182. The molecule has 2 N–H and O–H groups in total. The topological polar surface area (TPSA) is 83.6 Å². The van der Waals surface area contributed by atoms with Gasteiger partial charge in [-0.1, -0.05) is 23.9 Å². The van der Waals surface area contributed by atoms with E-state index < -0.39 is 11.2 Å². The maximum absolute atomic E-state index is 13.3. The summed E-state index contributed by atoms with van der Waals surface area (Å²) in [4.78, 5) is 17.9. The molecule has 0 bridgehead atoms. The molecule has 0 aliphatic carbocycles. The van der Waals surface area contributed by atoms with Crippen LogP contribution in [-0.2, 0) is 5.60 Å². The first-order chi connectivity index (χ1) is 14.4. The quantitative estimate of drug-likeness (QED) is 0.417. The third-order valence-electron chi connectivity index (χ3n) is 4.69. The summed E-state index contributed by atoms with van der Waals surface area (Å²) in [5.74, 6) is -0.342. The van der Waals surface area contributed by atoms with Gasteiger partial charge >= 0.3 is 5.63 Å². The summed E-state index contributed by atoms with van der Waals surface area (Å²) in [5, 5.41) is 20.3. The highest BCUT2D eigenvalue weighted by atomic mass is 32.2. The van der Waals surface area contributed by atoms with Crippen LogP contribution in [-0.4, -0.2) is 21.8 Å².